The zero-order valence-electron chi connectivity index (χ0n) is 51.5. The first-order valence-corrected chi connectivity index (χ1v) is 30.3. The summed E-state index contributed by atoms with van der Waals surface area (Å²) in [4.78, 5) is 61.4. The van der Waals surface area contributed by atoms with Crippen LogP contribution in [0.25, 0.3) is 79.1 Å². The van der Waals surface area contributed by atoms with Crippen molar-refractivity contribution in [3.05, 3.63) is 329 Å². The van der Waals surface area contributed by atoms with Gasteiger partial charge in [0.05, 0.1) is 32.9 Å². The fourth-order valence-electron chi connectivity index (χ4n) is 10.1. The number of ether oxygens (including phenoxy) is 1. The molecule has 0 aliphatic carbocycles. The molecule has 0 atom stereocenters. The molecule has 0 amide bonds. The Morgan fingerprint density at radius 2 is 0.585 bits per heavy atom. The lowest BCUT2D eigenvalue weighted by molar-refractivity contribution is -0.133. The van der Waals surface area contributed by atoms with Gasteiger partial charge in [0, 0.05) is 17.1 Å². The van der Waals surface area contributed by atoms with Crippen LogP contribution in [0.1, 0.15) is 125 Å². The van der Waals surface area contributed by atoms with Gasteiger partial charge in [-0.3, -0.25) is 19.2 Å². The second kappa shape index (κ2) is 33.8. The molecule has 0 fully saturated rings. The number of hydrogen-bond acceptors (Lipinski definition) is 6. The van der Waals surface area contributed by atoms with Crippen molar-refractivity contribution in [3.8, 4) is 5.75 Å². The summed E-state index contributed by atoms with van der Waals surface area (Å²) in [6, 6.07) is 60.7. The highest BCUT2D eigenvalue weighted by atomic mass is 16.5. The quantitative estimate of drug-likeness (QED) is 0.0153. The molecule has 0 saturated heterocycles. The maximum atomic E-state index is 11.7. The van der Waals surface area contributed by atoms with Crippen LogP contribution in [0.4, 0.5) is 17.1 Å². The topological polar surface area (TPSA) is 179 Å². The zero-order chi connectivity index (χ0) is 66.8. The number of carbonyl (C=O) groups is 4. The van der Waals surface area contributed by atoms with Gasteiger partial charge in [-0.25, -0.2) is 19.4 Å². The van der Waals surface area contributed by atoms with Crippen LogP contribution < -0.4 is 9.64 Å². The second-order valence-corrected chi connectivity index (χ2v) is 21.7. The number of unbranched alkanes of at least 4 members (excludes halogenated alkanes) is 7. The van der Waals surface area contributed by atoms with Crippen molar-refractivity contribution < 1.29 is 44.3 Å². The number of carboxylic acids is 4. The molecule has 464 valence electrons. The molecule has 8 aromatic rings. The number of aliphatic carboxylic acids is 4. The van der Waals surface area contributed by atoms with E-state index in [9.17, 15) is 39.6 Å². The van der Waals surface area contributed by atoms with E-state index in [2.05, 4.69) is 67.6 Å². The van der Waals surface area contributed by atoms with Gasteiger partial charge in [0.15, 0.2) is 0 Å². The van der Waals surface area contributed by atoms with Crippen LogP contribution >= 0.6 is 0 Å². The highest BCUT2D eigenvalue weighted by molar-refractivity contribution is 5.98. The molecule has 0 aliphatic heterocycles. The lowest BCUT2D eigenvalue weighted by Crippen LogP contribution is -2.09. The number of nitrogens with zero attached hydrogens (tertiary/aromatic N) is 5. The normalized spacial score (nSPS) is 11.5. The summed E-state index contributed by atoms with van der Waals surface area (Å²) < 4.78 is 6.06. The van der Waals surface area contributed by atoms with Crippen molar-refractivity contribution in [2.24, 2.45) is 0 Å². The van der Waals surface area contributed by atoms with Gasteiger partial charge in [-0.1, -0.05) is 210 Å². The predicted molar refractivity (Wildman–Crippen MR) is 373 cm³/mol. The van der Waals surface area contributed by atoms with Gasteiger partial charge in [0.1, 0.15) is 5.75 Å². The van der Waals surface area contributed by atoms with Gasteiger partial charge >= 0.3 is 23.9 Å². The van der Waals surface area contributed by atoms with Crippen LogP contribution in [-0.2, 0) is 19.2 Å². The average Bonchev–Trinajstić information content (AvgIpc) is 0.818. The van der Waals surface area contributed by atoms with E-state index in [0.29, 0.717) is 28.9 Å². The molecular formula is C80H65N5O9. The molecule has 0 aliphatic rings. The van der Waals surface area contributed by atoms with Gasteiger partial charge in [-0.2, -0.15) is 0 Å². The summed E-state index contributed by atoms with van der Waals surface area (Å²) in [7, 11) is 0. The Morgan fingerprint density at radius 1 is 0.340 bits per heavy atom. The van der Waals surface area contributed by atoms with E-state index in [-0.39, 0.29) is 0 Å². The molecule has 4 N–H and O–H groups in total. The Bertz CT molecular complexity index is 4010. The van der Waals surface area contributed by atoms with E-state index >= 15 is 0 Å². The minimum Gasteiger partial charge on any atom is -0.494 e. The number of rotatable bonds is 29. The Balaban J connectivity index is 1.15. The number of carboxylic acid groups (broad SMARTS) is 4. The van der Waals surface area contributed by atoms with Crippen LogP contribution in [-0.4, -0.2) is 50.9 Å². The van der Waals surface area contributed by atoms with E-state index in [1.807, 2.05) is 133 Å². The van der Waals surface area contributed by atoms with Crippen LogP contribution in [0.3, 0.4) is 0 Å². The number of benzene rings is 8. The summed E-state index contributed by atoms with van der Waals surface area (Å²) in [6.45, 7) is 32.2. The number of anilines is 3. The molecule has 0 radical (unpaired) electrons. The molecule has 0 bridgehead atoms. The maximum Gasteiger partial charge on any atom is 0.333 e. The average molecular weight is 1240 g/mol. The molecule has 94 heavy (non-hydrogen) atoms. The Hall–Kier alpha value is -12.6. The van der Waals surface area contributed by atoms with Crippen LogP contribution in [0.5, 0.6) is 5.75 Å². The van der Waals surface area contributed by atoms with Crippen LogP contribution in [0.15, 0.2) is 217 Å². The van der Waals surface area contributed by atoms with Crippen molar-refractivity contribution in [1.82, 2.24) is 0 Å². The van der Waals surface area contributed by atoms with Crippen molar-refractivity contribution in [2.45, 2.75) is 58.3 Å². The van der Waals surface area contributed by atoms with Gasteiger partial charge in [-0.05, 0) is 169 Å². The van der Waals surface area contributed by atoms with Crippen LogP contribution in [0.2, 0.25) is 0 Å². The third kappa shape index (κ3) is 19.2. The van der Waals surface area contributed by atoms with Gasteiger partial charge in [0.2, 0.25) is 0 Å². The lowest BCUT2D eigenvalue weighted by atomic mass is 9.94. The van der Waals surface area contributed by atoms with Crippen molar-refractivity contribution in [1.29, 1.82) is 0 Å². The summed E-state index contributed by atoms with van der Waals surface area (Å²) >= 11 is 0. The standard InChI is InChI=1S/C80H65N5O9/c1-6-7-8-9-10-11-12-13-48-94-70-46-30-56(31-47-70)15-14-55-24-40-67(41-25-55)85(68-42-26-57(27-43-68)49-71(63-32-16-59(17-33-63)51-73(81-2)77(86)87)64-34-18-60(19-35-64)52-74(82-3)78(88)89)69-44-28-58(29-45-69)50-72(65-36-20-61(21-37-65)53-75(83-4)79(90)91)66-38-22-62(23-39-66)54-76(84-5)80(92)93/h14-47,49-54H,6-13,48H2,1H3,(H,86,87)(H,88,89)(H,90,91)(H,92,93)/b15-14+,73-51-,74-52-,75-53-,76-54-. The molecule has 0 spiro atoms. The smallest absolute Gasteiger partial charge is 0.333 e. The first-order chi connectivity index (χ1) is 45.6. The third-order valence-electron chi connectivity index (χ3n) is 15.1. The summed E-state index contributed by atoms with van der Waals surface area (Å²) in [5, 5.41) is 38.1. The third-order valence-corrected chi connectivity index (χ3v) is 15.1. The van der Waals surface area contributed by atoms with Crippen molar-refractivity contribution in [2.75, 3.05) is 11.5 Å². The maximum absolute atomic E-state index is 11.7. The first-order valence-electron chi connectivity index (χ1n) is 30.3. The van der Waals surface area contributed by atoms with E-state index in [0.717, 1.165) is 84.9 Å². The number of hydrogen-bond donors (Lipinski definition) is 4. The second-order valence-electron chi connectivity index (χ2n) is 21.7. The SMILES string of the molecule is [C-]#[N+]/C(=C\c1ccc(C(=Cc2ccc(N(c3ccc(C=C(c4ccc(/C=C(\[N+]#[C-])C(=O)O)cc4)c4ccc(/C=C(\[N+]#[C-])C(=O)O)cc4)cc3)c3ccc(/C=C/c4ccc(OCCCCCCCCCC)cc4)cc3)cc2)c2ccc(/C=C(\[N+]#[C-])C(=O)O)cc2)cc1)C(=O)O. The Morgan fingerprint density at radius 3 is 0.862 bits per heavy atom. The highest BCUT2D eigenvalue weighted by Gasteiger charge is 2.17. The fraction of sp³-hybridized carbons (Fsp3) is 0.125. The van der Waals surface area contributed by atoms with E-state index in [1.165, 1.54) is 69.2 Å². The molecule has 0 unspecified atom stereocenters. The minimum absolute atomic E-state index is 0.429. The Kier molecular flexibility index (Phi) is 24.2. The van der Waals surface area contributed by atoms with Gasteiger partial charge in [0.25, 0.3) is 22.8 Å². The Labute approximate surface area is 547 Å². The zero-order valence-corrected chi connectivity index (χ0v) is 51.5. The largest absolute Gasteiger partial charge is 0.494 e. The molecule has 14 nitrogen and oxygen atoms in total. The molecule has 8 aromatic carbocycles. The summed E-state index contributed by atoms with van der Waals surface area (Å²) in [6.07, 6.45) is 23.2. The molecule has 0 saturated carbocycles. The van der Waals surface area contributed by atoms with Gasteiger partial charge in [-0.15, -0.1) is 0 Å². The van der Waals surface area contributed by atoms with Crippen LogP contribution in [0, 0.1) is 26.3 Å². The molecule has 0 heterocycles. The van der Waals surface area contributed by atoms with E-state index in [1.54, 1.807) is 48.5 Å². The monoisotopic (exact) mass is 1240 g/mol. The predicted octanol–water partition coefficient (Wildman–Crippen LogP) is 19.4. The molecule has 8 rings (SSSR count). The molecule has 0 aromatic heterocycles. The van der Waals surface area contributed by atoms with E-state index < -0.39 is 46.7 Å². The minimum atomic E-state index is -1.34. The molecule has 14 heteroatoms. The van der Waals surface area contributed by atoms with E-state index in [4.69, 9.17) is 31.0 Å². The summed E-state index contributed by atoms with van der Waals surface area (Å²) in [5.74, 6) is -4.50. The highest BCUT2D eigenvalue weighted by Crippen LogP contribution is 2.37. The lowest BCUT2D eigenvalue weighted by Gasteiger charge is -2.26. The van der Waals surface area contributed by atoms with Crippen molar-refractivity contribution >= 4 is 101 Å². The van der Waals surface area contributed by atoms with Gasteiger partial charge < -0.3 is 30.1 Å². The molecular weight excluding hydrogens is 1170 g/mol. The van der Waals surface area contributed by atoms with Crippen molar-refractivity contribution in [3.63, 3.8) is 0 Å². The summed E-state index contributed by atoms with van der Waals surface area (Å²) in [5.41, 5.74) is 11.1. The first kappa shape index (κ1) is 67.3. The fourth-order valence-corrected chi connectivity index (χ4v) is 10.1.